The van der Waals surface area contributed by atoms with E-state index in [2.05, 4.69) is 26.3 Å². The molecule has 28 heavy (non-hydrogen) atoms. The number of nitro groups is 1. The molecule has 0 aliphatic rings. The number of aryl methyl sites for hydroxylation is 1. The van der Waals surface area contributed by atoms with E-state index in [9.17, 15) is 14.9 Å². The third kappa shape index (κ3) is 4.52. The number of nitrogens with zero attached hydrogens (tertiary/aromatic N) is 3. The first-order valence-electron chi connectivity index (χ1n) is 7.98. The number of benzene rings is 2. The Morgan fingerprint density at radius 2 is 2.00 bits per heavy atom. The summed E-state index contributed by atoms with van der Waals surface area (Å²) < 4.78 is 2.24. The van der Waals surface area contributed by atoms with Gasteiger partial charge in [-0.25, -0.2) is 0 Å². The molecule has 1 aromatic heterocycles. The van der Waals surface area contributed by atoms with Crippen LogP contribution in [-0.4, -0.2) is 20.6 Å². The van der Waals surface area contributed by atoms with Crippen LogP contribution in [-0.2, 0) is 6.54 Å². The van der Waals surface area contributed by atoms with Crippen molar-refractivity contribution in [1.29, 1.82) is 0 Å². The zero-order valence-corrected chi connectivity index (χ0v) is 17.5. The van der Waals surface area contributed by atoms with Crippen LogP contribution in [0.4, 0.5) is 11.5 Å². The molecule has 0 aliphatic heterocycles. The van der Waals surface area contributed by atoms with E-state index in [1.807, 2.05) is 6.07 Å². The second kappa shape index (κ2) is 8.30. The molecule has 0 saturated carbocycles. The minimum Gasteiger partial charge on any atom is -0.304 e. The molecule has 1 heterocycles. The fourth-order valence-electron chi connectivity index (χ4n) is 2.57. The molecule has 1 N–H and O–H groups in total. The normalized spacial score (nSPS) is 10.7. The summed E-state index contributed by atoms with van der Waals surface area (Å²) in [5.41, 5.74) is 1.56. The summed E-state index contributed by atoms with van der Waals surface area (Å²) in [5.74, 6) is -0.0837. The highest BCUT2D eigenvalue weighted by Crippen LogP contribution is 2.25. The van der Waals surface area contributed by atoms with Crippen molar-refractivity contribution in [3.63, 3.8) is 0 Å². The van der Waals surface area contributed by atoms with Gasteiger partial charge in [-0.1, -0.05) is 29.3 Å². The molecule has 0 aliphatic carbocycles. The van der Waals surface area contributed by atoms with E-state index in [4.69, 9.17) is 23.2 Å². The second-order valence-electron chi connectivity index (χ2n) is 5.98. The molecule has 0 unspecified atom stereocenters. The summed E-state index contributed by atoms with van der Waals surface area (Å²) in [6.07, 6.45) is 1.72. The fraction of sp³-hybridized carbons (Fsp3) is 0.111. The Labute approximate surface area is 178 Å². The van der Waals surface area contributed by atoms with Crippen LogP contribution in [0.2, 0.25) is 10.0 Å². The standard InChI is InChI=1S/C18H13BrCl2N4O3/c1-10-6-12(3-5-16(10)25(27)28)18(26)22-17-13(19)9-24(23-17)8-11-2-4-14(20)15(21)7-11/h2-7,9H,8H2,1H3,(H,22,23,26). The van der Waals surface area contributed by atoms with Crippen molar-refractivity contribution in [3.05, 3.63) is 83.9 Å². The summed E-state index contributed by atoms with van der Waals surface area (Å²) in [7, 11) is 0. The van der Waals surface area contributed by atoms with Crippen LogP contribution in [0.1, 0.15) is 21.5 Å². The molecule has 0 fully saturated rings. The molecule has 7 nitrogen and oxygen atoms in total. The minimum atomic E-state index is -0.488. The minimum absolute atomic E-state index is 0.0383. The quantitative estimate of drug-likeness (QED) is 0.384. The van der Waals surface area contributed by atoms with Gasteiger partial charge < -0.3 is 5.32 Å². The fourth-order valence-corrected chi connectivity index (χ4v) is 3.30. The van der Waals surface area contributed by atoms with Crippen LogP contribution < -0.4 is 5.32 Å². The zero-order valence-electron chi connectivity index (χ0n) is 14.4. The average molecular weight is 484 g/mol. The largest absolute Gasteiger partial charge is 0.304 e. The molecule has 3 rings (SSSR count). The van der Waals surface area contributed by atoms with Crippen LogP contribution in [0.5, 0.6) is 0 Å². The van der Waals surface area contributed by atoms with Gasteiger partial charge in [0.05, 0.1) is 26.0 Å². The van der Waals surface area contributed by atoms with Crippen molar-refractivity contribution in [2.75, 3.05) is 5.32 Å². The van der Waals surface area contributed by atoms with Crippen LogP contribution in [0.15, 0.2) is 47.1 Å². The van der Waals surface area contributed by atoms with Gasteiger partial charge in [-0.2, -0.15) is 5.10 Å². The molecule has 10 heteroatoms. The Morgan fingerprint density at radius 3 is 2.64 bits per heavy atom. The zero-order chi connectivity index (χ0) is 20.4. The lowest BCUT2D eigenvalue weighted by molar-refractivity contribution is -0.385. The van der Waals surface area contributed by atoms with Gasteiger partial charge in [0.2, 0.25) is 0 Å². The number of anilines is 1. The Bertz CT molecular complexity index is 1080. The molecular formula is C18H13BrCl2N4O3. The van der Waals surface area contributed by atoms with E-state index < -0.39 is 10.8 Å². The lowest BCUT2D eigenvalue weighted by atomic mass is 10.1. The smallest absolute Gasteiger partial charge is 0.272 e. The van der Waals surface area contributed by atoms with Gasteiger partial charge in [-0.15, -0.1) is 0 Å². The number of aromatic nitrogens is 2. The molecular weight excluding hydrogens is 471 g/mol. The molecule has 144 valence electrons. The van der Waals surface area contributed by atoms with Gasteiger partial charge in [-0.05, 0) is 52.7 Å². The number of hydrogen-bond acceptors (Lipinski definition) is 4. The predicted octanol–water partition coefficient (Wildman–Crippen LogP) is 5.47. The van der Waals surface area contributed by atoms with E-state index in [0.29, 0.717) is 38.0 Å². The molecule has 0 atom stereocenters. The van der Waals surface area contributed by atoms with Crippen molar-refractivity contribution in [2.24, 2.45) is 0 Å². The van der Waals surface area contributed by atoms with Crippen molar-refractivity contribution in [2.45, 2.75) is 13.5 Å². The summed E-state index contributed by atoms with van der Waals surface area (Å²) in [5, 5.41) is 18.9. The number of halogens is 3. The molecule has 3 aromatic rings. The first-order chi connectivity index (χ1) is 13.2. The molecule has 2 aromatic carbocycles. The maximum Gasteiger partial charge on any atom is 0.272 e. The van der Waals surface area contributed by atoms with Crippen LogP contribution >= 0.6 is 39.1 Å². The Kier molecular flexibility index (Phi) is 6.02. The SMILES string of the molecule is Cc1cc(C(=O)Nc2nn(Cc3ccc(Cl)c(Cl)c3)cc2Br)ccc1[N+](=O)[O-]. The van der Waals surface area contributed by atoms with Crippen molar-refractivity contribution in [3.8, 4) is 0 Å². The number of rotatable bonds is 5. The maximum absolute atomic E-state index is 12.5. The molecule has 0 radical (unpaired) electrons. The number of carbonyl (C=O) groups excluding carboxylic acids is 1. The Balaban J connectivity index is 1.76. The van der Waals surface area contributed by atoms with Crippen molar-refractivity contribution in [1.82, 2.24) is 9.78 Å². The number of nitrogens with one attached hydrogen (secondary N) is 1. The van der Waals surface area contributed by atoms with Gasteiger partial charge in [0.1, 0.15) is 0 Å². The molecule has 0 spiro atoms. The summed E-state index contributed by atoms with van der Waals surface area (Å²) in [4.78, 5) is 22.9. The second-order valence-corrected chi connectivity index (χ2v) is 7.65. The summed E-state index contributed by atoms with van der Waals surface area (Å²) in [6, 6.07) is 9.47. The van der Waals surface area contributed by atoms with Crippen molar-refractivity contribution >= 4 is 56.5 Å². The van der Waals surface area contributed by atoms with Gasteiger partial charge in [0.25, 0.3) is 11.6 Å². The first-order valence-corrected chi connectivity index (χ1v) is 9.53. The van der Waals surface area contributed by atoms with E-state index >= 15 is 0 Å². The van der Waals surface area contributed by atoms with E-state index in [1.54, 1.807) is 29.9 Å². The summed E-state index contributed by atoms with van der Waals surface area (Å²) >= 11 is 15.3. The first kappa shape index (κ1) is 20.3. The summed E-state index contributed by atoms with van der Waals surface area (Å²) in [6.45, 7) is 2.01. The highest BCUT2D eigenvalue weighted by molar-refractivity contribution is 9.10. The predicted molar refractivity (Wildman–Crippen MR) is 111 cm³/mol. The van der Waals surface area contributed by atoms with Crippen molar-refractivity contribution < 1.29 is 9.72 Å². The molecule has 1 amide bonds. The lowest BCUT2D eigenvalue weighted by Gasteiger charge is -2.05. The number of amides is 1. The topological polar surface area (TPSA) is 90.1 Å². The van der Waals surface area contributed by atoms with Crippen LogP contribution in [0.3, 0.4) is 0 Å². The number of carbonyl (C=O) groups is 1. The highest BCUT2D eigenvalue weighted by atomic mass is 79.9. The third-order valence-corrected chi connectivity index (χ3v) is 5.25. The maximum atomic E-state index is 12.5. The van der Waals surface area contributed by atoms with Gasteiger partial charge in [0.15, 0.2) is 5.82 Å². The number of hydrogen-bond donors (Lipinski definition) is 1. The Morgan fingerprint density at radius 1 is 1.25 bits per heavy atom. The van der Waals surface area contributed by atoms with E-state index in [0.717, 1.165) is 5.56 Å². The number of nitro benzene ring substituents is 1. The average Bonchev–Trinajstić information content (AvgIpc) is 2.96. The third-order valence-electron chi connectivity index (χ3n) is 3.93. The van der Waals surface area contributed by atoms with Gasteiger partial charge in [0, 0.05) is 23.4 Å². The highest BCUT2D eigenvalue weighted by Gasteiger charge is 2.16. The van der Waals surface area contributed by atoms with E-state index in [1.165, 1.54) is 18.2 Å². The lowest BCUT2D eigenvalue weighted by Crippen LogP contribution is -2.13. The van der Waals surface area contributed by atoms with Gasteiger partial charge in [-0.3, -0.25) is 19.6 Å². The van der Waals surface area contributed by atoms with Crippen LogP contribution in [0, 0.1) is 17.0 Å². The van der Waals surface area contributed by atoms with E-state index in [-0.39, 0.29) is 5.69 Å². The Hall–Kier alpha value is -2.42. The molecule has 0 bridgehead atoms. The monoisotopic (exact) mass is 482 g/mol. The molecule has 0 saturated heterocycles. The van der Waals surface area contributed by atoms with Gasteiger partial charge >= 0.3 is 0 Å². The van der Waals surface area contributed by atoms with Crippen LogP contribution in [0.25, 0.3) is 0 Å².